The number of ether oxygens (including phenoxy) is 2. The summed E-state index contributed by atoms with van der Waals surface area (Å²) in [4.78, 5) is 0. The molecule has 0 radical (unpaired) electrons. The first kappa shape index (κ1) is 36.7. The molecule has 1 rings (SSSR count). The molecule has 0 bridgehead atoms. The van der Waals surface area contributed by atoms with Gasteiger partial charge in [0.1, 0.15) is 6.10 Å². The van der Waals surface area contributed by atoms with Crippen molar-refractivity contribution < 1.29 is 22.8 Å². The van der Waals surface area contributed by atoms with E-state index in [4.69, 9.17) is 22.8 Å². The molecule has 1 fully saturated rings. The molecule has 5 nitrogen and oxygen atoms in total. The Hall–Kier alpha value is 0.668. The van der Waals surface area contributed by atoms with Crippen LogP contribution in [0.5, 0.6) is 0 Å². The van der Waals surface area contributed by atoms with Crippen molar-refractivity contribution in [3.05, 3.63) is 0 Å². The van der Waals surface area contributed by atoms with Crippen molar-refractivity contribution in [2.45, 2.75) is 167 Å². The predicted octanol–water partition coefficient (Wildman–Crippen LogP) is 8.77. The molecule has 0 aromatic heterocycles. The van der Waals surface area contributed by atoms with Gasteiger partial charge in [-0.1, -0.05) is 47.3 Å². The van der Waals surface area contributed by atoms with Gasteiger partial charge in [0, 0.05) is 16.9 Å². The molecule has 4 atom stereocenters. The van der Waals surface area contributed by atoms with Gasteiger partial charge in [-0.2, -0.15) is 0 Å². The van der Waals surface area contributed by atoms with E-state index in [0.29, 0.717) is 12.7 Å². The number of rotatable bonds is 18. The van der Waals surface area contributed by atoms with Crippen molar-refractivity contribution in [2.75, 3.05) is 19.8 Å². The van der Waals surface area contributed by atoms with Gasteiger partial charge in [0.25, 0.3) is 0 Å². The van der Waals surface area contributed by atoms with Crippen LogP contribution in [-0.4, -0.2) is 75.0 Å². The van der Waals surface area contributed by atoms with E-state index in [0.717, 1.165) is 38.5 Å². The highest BCUT2D eigenvalue weighted by Gasteiger charge is 2.61. The molecule has 1 aliphatic heterocycles. The first-order valence-corrected chi connectivity index (χ1v) is 27.5. The predicted molar refractivity (Wildman–Crippen MR) is 175 cm³/mol. The van der Waals surface area contributed by atoms with Gasteiger partial charge >= 0.3 is 0 Å². The normalized spacial score (nSPS) is 22.5. The maximum atomic E-state index is 7.60. The summed E-state index contributed by atoms with van der Waals surface area (Å²) >= 11 is 0. The Bertz CT molecular complexity index is 757. The van der Waals surface area contributed by atoms with Gasteiger partial charge in [-0.25, -0.2) is 0 Å². The summed E-state index contributed by atoms with van der Waals surface area (Å²) in [5, 5.41) is -0.502. The van der Waals surface area contributed by atoms with Gasteiger partial charge in [-0.3, -0.25) is 0 Å². The first-order chi connectivity index (χ1) is 16.8. The molecule has 0 aliphatic carbocycles. The highest BCUT2D eigenvalue weighted by atomic mass is 28.4. The lowest BCUT2D eigenvalue weighted by Crippen LogP contribution is -2.67. The molecule has 4 unspecified atom stereocenters. The van der Waals surface area contributed by atoms with Gasteiger partial charge < -0.3 is 22.8 Å². The van der Waals surface area contributed by atoms with E-state index in [1.54, 1.807) is 0 Å². The summed E-state index contributed by atoms with van der Waals surface area (Å²) in [7, 11) is -8.02. The molecule has 0 amide bonds. The van der Waals surface area contributed by atoms with E-state index in [1.807, 2.05) is 0 Å². The molecule has 1 saturated heterocycles. The van der Waals surface area contributed by atoms with E-state index < -0.39 is 33.0 Å². The summed E-state index contributed by atoms with van der Waals surface area (Å²) in [6.45, 7) is 42.5. The Morgan fingerprint density at radius 3 is 1.68 bits per heavy atom. The molecule has 0 aromatic carbocycles. The molecular formula is C29H66O5Si4. The highest BCUT2D eigenvalue weighted by Crippen LogP contribution is 2.56. The lowest BCUT2D eigenvalue weighted by atomic mass is 9.89. The topological polar surface area (TPSA) is 49.5 Å². The lowest BCUT2D eigenvalue weighted by molar-refractivity contribution is -0.00285. The van der Waals surface area contributed by atoms with Crippen LogP contribution in [0.25, 0.3) is 0 Å². The van der Waals surface area contributed by atoms with E-state index in [-0.39, 0.29) is 21.1 Å². The minimum Gasteiger partial charge on any atom is -0.414 e. The molecular weight excluding hydrogens is 541 g/mol. The summed E-state index contributed by atoms with van der Waals surface area (Å²) in [5.74, 6) is 0. The van der Waals surface area contributed by atoms with E-state index in [1.165, 1.54) is 0 Å². The summed E-state index contributed by atoms with van der Waals surface area (Å²) < 4.78 is 33.1. The van der Waals surface area contributed by atoms with Crippen LogP contribution in [-0.2, 0) is 22.8 Å². The van der Waals surface area contributed by atoms with Crippen LogP contribution in [0.3, 0.4) is 0 Å². The fourth-order valence-electron chi connectivity index (χ4n) is 5.41. The fraction of sp³-hybridized carbons (Fsp3) is 1.00. The smallest absolute Gasteiger partial charge is 0.216 e. The van der Waals surface area contributed by atoms with Crippen molar-refractivity contribution in [1.82, 2.24) is 0 Å². The number of hydrogen-bond acceptors (Lipinski definition) is 5. The van der Waals surface area contributed by atoms with E-state index >= 15 is 0 Å². The molecule has 9 heteroatoms. The number of epoxide rings is 1. The zero-order valence-electron chi connectivity index (χ0n) is 28.6. The van der Waals surface area contributed by atoms with Crippen molar-refractivity contribution in [3.8, 4) is 0 Å². The minimum atomic E-state index is -2.38. The van der Waals surface area contributed by atoms with Gasteiger partial charge in [0.15, 0.2) is 16.6 Å². The van der Waals surface area contributed by atoms with Crippen LogP contribution in [0.2, 0.25) is 70.0 Å². The van der Waals surface area contributed by atoms with Crippen molar-refractivity contribution >= 4 is 33.0 Å². The van der Waals surface area contributed by atoms with E-state index in [2.05, 4.69) is 114 Å². The lowest BCUT2D eigenvalue weighted by Gasteiger charge is -2.59. The molecule has 1 aliphatic rings. The third-order valence-electron chi connectivity index (χ3n) is 10.2. The average molecular weight is 607 g/mol. The summed E-state index contributed by atoms with van der Waals surface area (Å²) in [6, 6.07) is 1.06. The van der Waals surface area contributed by atoms with Crippen molar-refractivity contribution in [1.29, 1.82) is 0 Å². The molecule has 0 spiro atoms. The Kier molecular flexibility index (Phi) is 12.1. The second-order valence-corrected chi connectivity index (χ2v) is 34.7. The standard InChI is InChI=1S/C29H66O5Si4/c1-18-28(7,33-37(15,16)27(5,6)32-36(12,13)14)26(3,4)38(17,22-20-21-30-23-25-24-31-25)34-29(8,19-2)35(9,10)11/h25H,18-24H2,1-17H3. The zero-order valence-corrected chi connectivity index (χ0v) is 32.6. The van der Waals surface area contributed by atoms with Crippen LogP contribution in [0.15, 0.2) is 0 Å². The maximum Gasteiger partial charge on any atom is 0.216 e. The van der Waals surface area contributed by atoms with E-state index in [9.17, 15) is 0 Å². The monoisotopic (exact) mass is 606 g/mol. The Balaban J connectivity index is 3.42. The fourth-order valence-corrected chi connectivity index (χ4v) is 18.0. The SMILES string of the molecule is CCC(C)(O[Si](C)(C)C(C)(C)O[Si](C)(C)C)C(C)(C)[Si](C)(CCCOCC1CO1)OC(C)(CC)[Si](C)(C)C. The van der Waals surface area contributed by atoms with Gasteiger partial charge in [0.05, 0.1) is 32.1 Å². The summed E-state index contributed by atoms with van der Waals surface area (Å²) in [6.07, 6.45) is 3.30. The minimum absolute atomic E-state index is 0.0875. The Morgan fingerprint density at radius 1 is 0.763 bits per heavy atom. The van der Waals surface area contributed by atoms with Crippen molar-refractivity contribution in [2.24, 2.45) is 0 Å². The first-order valence-electron chi connectivity index (χ1n) is 15.1. The van der Waals surface area contributed by atoms with Crippen LogP contribution in [0.4, 0.5) is 0 Å². The second kappa shape index (κ2) is 12.5. The van der Waals surface area contributed by atoms with Crippen molar-refractivity contribution in [3.63, 3.8) is 0 Å². The quantitative estimate of drug-likeness (QED) is 0.0887. The van der Waals surface area contributed by atoms with Gasteiger partial charge in [-0.05, 0) is 92.3 Å². The third-order valence-corrected chi connectivity index (χ3v) is 24.7. The largest absolute Gasteiger partial charge is 0.414 e. The zero-order chi connectivity index (χ0) is 30.1. The molecule has 0 saturated carbocycles. The Morgan fingerprint density at radius 2 is 1.29 bits per heavy atom. The molecule has 228 valence electrons. The second-order valence-electron chi connectivity index (χ2n) is 15.8. The van der Waals surface area contributed by atoms with Crippen LogP contribution >= 0.6 is 0 Å². The highest BCUT2D eigenvalue weighted by molar-refractivity contribution is 6.82. The van der Waals surface area contributed by atoms with Crippen LogP contribution in [0, 0.1) is 0 Å². The van der Waals surface area contributed by atoms with Gasteiger partial charge in [0.2, 0.25) is 8.32 Å². The number of hydrogen-bond donors (Lipinski definition) is 0. The molecule has 0 aromatic rings. The maximum absolute atomic E-state index is 7.60. The molecule has 38 heavy (non-hydrogen) atoms. The Labute approximate surface area is 241 Å². The molecule has 0 N–H and O–H groups in total. The van der Waals surface area contributed by atoms with Crippen LogP contribution < -0.4 is 0 Å². The van der Waals surface area contributed by atoms with Crippen LogP contribution in [0.1, 0.15) is 74.7 Å². The molecule has 1 heterocycles. The summed E-state index contributed by atoms with van der Waals surface area (Å²) in [5.41, 5.74) is -0.333. The third kappa shape index (κ3) is 8.83. The average Bonchev–Trinajstić information content (AvgIpc) is 3.54. The van der Waals surface area contributed by atoms with Gasteiger partial charge in [-0.15, -0.1) is 0 Å².